The summed E-state index contributed by atoms with van der Waals surface area (Å²) in [4.78, 5) is 12.0. The van der Waals surface area contributed by atoms with E-state index in [1.165, 1.54) is 28.6 Å². The Morgan fingerprint density at radius 1 is 1.31 bits per heavy atom. The summed E-state index contributed by atoms with van der Waals surface area (Å²) in [6.07, 6.45) is 2.10. The number of ether oxygens (including phenoxy) is 1. The van der Waals surface area contributed by atoms with Gasteiger partial charge in [-0.1, -0.05) is 23.9 Å². The largest absolute Gasteiger partial charge is 0.469 e. The van der Waals surface area contributed by atoms with Crippen LogP contribution < -0.4 is 15.9 Å². The van der Waals surface area contributed by atoms with Crippen LogP contribution in [0.3, 0.4) is 0 Å². The molecule has 3 rings (SSSR count). The lowest BCUT2D eigenvalue weighted by Crippen LogP contribution is -2.27. The number of nitrogens with zero attached hydrogens (tertiary/aromatic N) is 3. The van der Waals surface area contributed by atoms with Gasteiger partial charge in [-0.15, -0.1) is 10.2 Å². The van der Waals surface area contributed by atoms with Gasteiger partial charge in [0.25, 0.3) is 0 Å². The molecule has 154 valence electrons. The average Bonchev–Trinajstić information content (AvgIpc) is 3.26. The zero-order valence-corrected chi connectivity index (χ0v) is 16.3. The number of nitrogens with two attached hydrogens (primary N) is 1. The summed E-state index contributed by atoms with van der Waals surface area (Å²) in [5.74, 6) is 7.18. The molecule has 0 fully saturated rings. The van der Waals surface area contributed by atoms with Crippen molar-refractivity contribution in [3.8, 4) is 17.1 Å². The first-order valence-corrected chi connectivity index (χ1v) is 9.61. The summed E-state index contributed by atoms with van der Waals surface area (Å²) < 4.78 is 35.1. The highest BCUT2D eigenvalue weighted by Crippen LogP contribution is 2.24. The number of aromatic nitrogens is 3. The van der Waals surface area contributed by atoms with Crippen LogP contribution in [0.4, 0.5) is 8.78 Å². The van der Waals surface area contributed by atoms with Gasteiger partial charge in [0.05, 0.1) is 17.6 Å². The maximum atomic E-state index is 12.1. The maximum Gasteiger partial charge on any atom is 0.387 e. The van der Waals surface area contributed by atoms with Crippen LogP contribution in [0.15, 0.2) is 46.2 Å². The Kier molecular flexibility index (Phi) is 6.70. The van der Waals surface area contributed by atoms with E-state index in [9.17, 15) is 13.6 Å². The number of aryl methyl sites for hydroxylation is 1. The van der Waals surface area contributed by atoms with E-state index in [-0.39, 0.29) is 17.4 Å². The lowest BCUT2D eigenvalue weighted by Gasteiger charge is -2.07. The van der Waals surface area contributed by atoms with E-state index < -0.39 is 6.61 Å². The van der Waals surface area contributed by atoms with Gasteiger partial charge in [-0.3, -0.25) is 4.79 Å². The van der Waals surface area contributed by atoms with Crippen molar-refractivity contribution in [1.82, 2.24) is 20.2 Å². The minimum absolute atomic E-state index is 0.0973. The molecule has 0 aliphatic heterocycles. The second-order valence-electron chi connectivity index (χ2n) is 5.98. The molecule has 11 heteroatoms. The second-order valence-corrected chi connectivity index (χ2v) is 6.92. The molecule has 0 aliphatic carbocycles. The lowest BCUT2D eigenvalue weighted by molar-refractivity contribution is -0.118. The summed E-state index contributed by atoms with van der Waals surface area (Å²) >= 11 is 1.17. The molecular formula is C18H19F2N5O3S. The fourth-order valence-electron chi connectivity index (χ4n) is 2.54. The van der Waals surface area contributed by atoms with E-state index >= 15 is 0 Å². The summed E-state index contributed by atoms with van der Waals surface area (Å²) in [5, 5.41) is 11.2. The molecule has 0 bridgehead atoms. The molecule has 1 amide bonds. The van der Waals surface area contributed by atoms with Gasteiger partial charge < -0.3 is 20.3 Å². The van der Waals surface area contributed by atoms with Crippen LogP contribution in [0.5, 0.6) is 5.75 Å². The Morgan fingerprint density at radius 3 is 2.72 bits per heavy atom. The van der Waals surface area contributed by atoms with Crippen LogP contribution in [0, 0.1) is 6.92 Å². The van der Waals surface area contributed by atoms with Crippen LogP contribution in [0.1, 0.15) is 11.3 Å². The van der Waals surface area contributed by atoms with Gasteiger partial charge in [-0.25, -0.2) is 4.68 Å². The number of alkyl halides is 2. The topological polar surface area (TPSA) is 108 Å². The first-order chi connectivity index (χ1) is 13.9. The summed E-state index contributed by atoms with van der Waals surface area (Å²) in [6.45, 7) is -0.649. The van der Waals surface area contributed by atoms with Crippen LogP contribution in [0.25, 0.3) is 11.4 Å². The quantitative estimate of drug-likeness (QED) is 0.402. The van der Waals surface area contributed by atoms with E-state index in [1.54, 1.807) is 31.4 Å². The normalized spacial score (nSPS) is 11.0. The number of carbonyl (C=O) groups excluding carboxylic acids is 1. The number of rotatable bonds is 9. The minimum atomic E-state index is -2.85. The van der Waals surface area contributed by atoms with Gasteiger partial charge in [0.2, 0.25) is 11.1 Å². The third kappa shape index (κ3) is 5.47. The summed E-state index contributed by atoms with van der Waals surface area (Å²) in [6, 6.07) is 8.03. The highest BCUT2D eigenvalue weighted by Gasteiger charge is 2.16. The van der Waals surface area contributed by atoms with Gasteiger partial charge in [0.15, 0.2) is 5.82 Å². The van der Waals surface area contributed by atoms with E-state index in [0.29, 0.717) is 29.7 Å². The molecule has 29 heavy (non-hydrogen) atoms. The molecule has 3 aromatic rings. The van der Waals surface area contributed by atoms with Crippen molar-refractivity contribution in [3.63, 3.8) is 0 Å². The second kappa shape index (κ2) is 9.41. The molecule has 1 aromatic carbocycles. The standard InChI is InChI=1S/C18H19F2N5O3S/c1-11-14(7-9-27-11)16-23-24-18(25(16)21)29-10-15(26)22-8-6-12-2-4-13(5-3-12)28-17(19)20/h2-5,7,9,17H,6,8,10,21H2,1H3,(H,22,26). The number of halogens is 2. The molecule has 0 spiro atoms. The molecule has 0 aliphatic rings. The molecule has 0 saturated carbocycles. The molecule has 3 N–H and O–H groups in total. The highest BCUT2D eigenvalue weighted by atomic mass is 32.2. The number of furan rings is 1. The van der Waals surface area contributed by atoms with Gasteiger partial charge >= 0.3 is 6.61 Å². The van der Waals surface area contributed by atoms with Crippen molar-refractivity contribution in [1.29, 1.82) is 0 Å². The SMILES string of the molecule is Cc1occc1-c1nnc(SCC(=O)NCCc2ccc(OC(F)F)cc2)n1N. The van der Waals surface area contributed by atoms with Crippen molar-refractivity contribution >= 4 is 17.7 Å². The van der Waals surface area contributed by atoms with Crippen LogP contribution in [-0.2, 0) is 11.2 Å². The highest BCUT2D eigenvalue weighted by molar-refractivity contribution is 7.99. The van der Waals surface area contributed by atoms with Gasteiger partial charge in [-0.05, 0) is 37.1 Å². The molecule has 8 nitrogen and oxygen atoms in total. The Morgan fingerprint density at radius 2 is 2.07 bits per heavy atom. The van der Waals surface area contributed by atoms with Gasteiger partial charge in [-0.2, -0.15) is 8.78 Å². The smallest absolute Gasteiger partial charge is 0.387 e. The molecule has 2 aromatic heterocycles. The van der Waals surface area contributed by atoms with Crippen molar-refractivity contribution in [3.05, 3.63) is 47.9 Å². The first-order valence-electron chi connectivity index (χ1n) is 8.62. The summed E-state index contributed by atoms with van der Waals surface area (Å²) in [7, 11) is 0. The van der Waals surface area contributed by atoms with Crippen LogP contribution in [-0.4, -0.2) is 39.7 Å². The molecule has 0 radical (unpaired) electrons. The number of thioether (sulfide) groups is 1. The number of benzene rings is 1. The third-order valence-corrected chi connectivity index (χ3v) is 4.92. The Labute approximate surface area is 169 Å². The van der Waals surface area contributed by atoms with Gasteiger partial charge in [0.1, 0.15) is 11.5 Å². The van der Waals surface area contributed by atoms with E-state index in [0.717, 1.165) is 11.1 Å². The number of hydrogen-bond donors (Lipinski definition) is 2. The Hall–Kier alpha value is -3.08. The van der Waals surface area contributed by atoms with Crippen LogP contribution >= 0.6 is 11.8 Å². The molecular weight excluding hydrogens is 404 g/mol. The Bertz CT molecular complexity index is 959. The van der Waals surface area contributed by atoms with E-state index in [2.05, 4.69) is 20.3 Å². The first kappa shape index (κ1) is 20.6. The number of hydrogen-bond acceptors (Lipinski definition) is 7. The van der Waals surface area contributed by atoms with E-state index in [1.807, 2.05) is 0 Å². The molecule has 2 heterocycles. The fraction of sp³-hybridized carbons (Fsp3) is 0.278. The predicted molar refractivity (Wildman–Crippen MR) is 103 cm³/mol. The zero-order chi connectivity index (χ0) is 20.8. The summed E-state index contributed by atoms with van der Waals surface area (Å²) in [5.41, 5.74) is 1.63. The maximum absolute atomic E-state index is 12.1. The number of carbonyl (C=O) groups is 1. The molecule has 0 unspecified atom stereocenters. The lowest BCUT2D eigenvalue weighted by atomic mass is 10.1. The minimum Gasteiger partial charge on any atom is -0.469 e. The third-order valence-electron chi connectivity index (χ3n) is 3.98. The van der Waals surface area contributed by atoms with Crippen molar-refractivity contribution in [2.45, 2.75) is 25.1 Å². The van der Waals surface area contributed by atoms with Crippen LogP contribution in [0.2, 0.25) is 0 Å². The number of nitrogens with one attached hydrogen (secondary N) is 1. The van der Waals surface area contributed by atoms with Crippen molar-refractivity contribution in [2.24, 2.45) is 0 Å². The van der Waals surface area contributed by atoms with Crippen molar-refractivity contribution < 1.29 is 22.7 Å². The monoisotopic (exact) mass is 423 g/mol. The molecule has 0 saturated heterocycles. The van der Waals surface area contributed by atoms with Gasteiger partial charge in [0, 0.05) is 6.54 Å². The van der Waals surface area contributed by atoms with Crippen molar-refractivity contribution in [2.75, 3.05) is 18.1 Å². The number of nitrogen functional groups attached to an aromatic ring is 1. The zero-order valence-electron chi connectivity index (χ0n) is 15.5. The predicted octanol–water partition coefficient (Wildman–Crippen LogP) is 2.61. The van der Waals surface area contributed by atoms with E-state index in [4.69, 9.17) is 10.3 Å². The molecule has 0 atom stereocenters. The average molecular weight is 423 g/mol. The Balaban J connectivity index is 1.44. The fourth-order valence-corrected chi connectivity index (χ4v) is 3.23. The number of amides is 1.